The molecular formula is C23H30N4O3. The van der Waals surface area contributed by atoms with Crippen molar-refractivity contribution >= 4 is 17.7 Å². The Morgan fingerprint density at radius 1 is 1.07 bits per heavy atom. The molecule has 5 rings (SSSR count). The molecule has 1 aromatic carbocycles. The largest absolute Gasteiger partial charge is 0.322 e. The van der Waals surface area contributed by atoms with Crippen LogP contribution in [0.15, 0.2) is 18.2 Å². The SMILES string of the molecule is O=C1CCC(N2Cc3cc(CNC4CCC5CNCCC5C4)ccc3C2=O)C(=O)N1. The zero-order valence-corrected chi connectivity index (χ0v) is 17.3. The zero-order chi connectivity index (χ0) is 20.7. The third kappa shape index (κ3) is 3.76. The van der Waals surface area contributed by atoms with Crippen LogP contribution >= 0.6 is 0 Å². The van der Waals surface area contributed by atoms with Crippen LogP contribution in [-0.2, 0) is 22.7 Å². The Morgan fingerprint density at radius 3 is 2.83 bits per heavy atom. The molecule has 30 heavy (non-hydrogen) atoms. The van der Waals surface area contributed by atoms with Crippen molar-refractivity contribution in [2.24, 2.45) is 11.8 Å². The van der Waals surface area contributed by atoms with E-state index < -0.39 is 6.04 Å². The van der Waals surface area contributed by atoms with Crippen molar-refractivity contribution in [3.8, 4) is 0 Å². The molecule has 4 unspecified atom stereocenters. The first-order valence-corrected chi connectivity index (χ1v) is 11.3. The average Bonchev–Trinajstić information content (AvgIpc) is 3.08. The van der Waals surface area contributed by atoms with Gasteiger partial charge in [-0.3, -0.25) is 19.7 Å². The maximum Gasteiger partial charge on any atom is 0.255 e. The number of carbonyl (C=O) groups excluding carboxylic acids is 3. The van der Waals surface area contributed by atoms with Gasteiger partial charge in [-0.25, -0.2) is 0 Å². The van der Waals surface area contributed by atoms with E-state index in [9.17, 15) is 14.4 Å². The number of fused-ring (bicyclic) bond motifs is 2. The van der Waals surface area contributed by atoms with Gasteiger partial charge in [0.2, 0.25) is 11.8 Å². The summed E-state index contributed by atoms with van der Waals surface area (Å²) in [5.74, 6) is 0.969. The van der Waals surface area contributed by atoms with Crippen molar-refractivity contribution in [3.05, 3.63) is 34.9 Å². The molecule has 3 amide bonds. The normalized spacial score (nSPS) is 31.3. The summed E-state index contributed by atoms with van der Waals surface area (Å²) in [7, 11) is 0. The topological polar surface area (TPSA) is 90.5 Å². The highest BCUT2D eigenvalue weighted by Crippen LogP contribution is 2.34. The third-order valence-electron chi connectivity index (χ3n) is 7.42. The van der Waals surface area contributed by atoms with Gasteiger partial charge in [0.1, 0.15) is 6.04 Å². The molecule has 3 N–H and O–H groups in total. The second-order valence-electron chi connectivity index (χ2n) is 9.30. The van der Waals surface area contributed by atoms with Crippen LogP contribution in [0.4, 0.5) is 0 Å². The molecule has 7 nitrogen and oxygen atoms in total. The van der Waals surface area contributed by atoms with Gasteiger partial charge in [0.15, 0.2) is 0 Å². The summed E-state index contributed by atoms with van der Waals surface area (Å²) in [4.78, 5) is 38.0. The van der Waals surface area contributed by atoms with E-state index in [1.807, 2.05) is 12.1 Å². The Bertz CT molecular complexity index is 870. The molecule has 4 aliphatic rings. The quantitative estimate of drug-likeness (QED) is 0.652. The minimum Gasteiger partial charge on any atom is -0.322 e. The molecule has 160 valence electrons. The van der Waals surface area contributed by atoms with Crippen LogP contribution in [-0.4, -0.2) is 47.8 Å². The second kappa shape index (κ2) is 8.12. The maximum atomic E-state index is 12.8. The van der Waals surface area contributed by atoms with Crippen molar-refractivity contribution < 1.29 is 14.4 Å². The number of nitrogens with zero attached hydrogens (tertiary/aromatic N) is 1. The average molecular weight is 411 g/mol. The zero-order valence-electron chi connectivity index (χ0n) is 17.3. The van der Waals surface area contributed by atoms with E-state index in [-0.39, 0.29) is 24.1 Å². The molecule has 0 bridgehead atoms. The number of rotatable bonds is 4. The molecule has 3 fully saturated rings. The van der Waals surface area contributed by atoms with E-state index in [1.165, 1.54) is 37.8 Å². The predicted molar refractivity (Wildman–Crippen MR) is 111 cm³/mol. The number of hydrogen-bond donors (Lipinski definition) is 3. The molecule has 0 aromatic heterocycles. The lowest BCUT2D eigenvalue weighted by Crippen LogP contribution is -2.52. The molecular weight excluding hydrogens is 380 g/mol. The van der Waals surface area contributed by atoms with E-state index >= 15 is 0 Å². The van der Waals surface area contributed by atoms with Gasteiger partial charge in [-0.05, 0) is 74.2 Å². The van der Waals surface area contributed by atoms with Crippen molar-refractivity contribution in [3.63, 3.8) is 0 Å². The van der Waals surface area contributed by atoms with Crippen LogP contribution in [0.5, 0.6) is 0 Å². The number of carbonyl (C=O) groups is 3. The minimum absolute atomic E-state index is 0.108. The summed E-state index contributed by atoms with van der Waals surface area (Å²) in [6.45, 7) is 3.57. The summed E-state index contributed by atoms with van der Waals surface area (Å²) >= 11 is 0. The van der Waals surface area contributed by atoms with Gasteiger partial charge < -0.3 is 15.5 Å². The number of benzene rings is 1. The molecule has 3 heterocycles. The molecule has 7 heteroatoms. The number of nitrogens with one attached hydrogen (secondary N) is 3. The lowest BCUT2D eigenvalue weighted by molar-refractivity contribution is -0.136. The minimum atomic E-state index is -0.552. The molecule has 0 radical (unpaired) electrons. The van der Waals surface area contributed by atoms with Gasteiger partial charge in [0, 0.05) is 31.1 Å². The highest BCUT2D eigenvalue weighted by atomic mass is 16.2. The lowest BCUT2D eigenvalue weighted by atomic mass is 9.73. The first-order chi connectivity index (χ1) is 14.6. The fourth-order valence-electron chi connectivity index (χ4n) is 5.71. The summed E-state index contributed by atoms with van der Waals surface area (Å²) in [5, 5.41) is 9.62. The van der Waals surface area contributed by atoms with Gasteiger partial charge in [-0.1, -0.05) is 12.1 Å². The van der Waals surface area contributed by atoms with Gasteiger partial charge in [-0.2, -0.15) is 0 Å². The summed E-state index contributed by atoms with van der Waals surface area (Å²) in [6, 6.07) is 6.03. The third-order valence-corrected chi connectivity index (χ3v) is 7.42. The Hall–Kier alpha value is -2.25. The monoisotopic (exact) mass is 410 g/mol. The summed E-state index contributed by atoms with van der Waals surface area (Å²) in [5.41, 5.74) is 2.84. The predicted octanol–water partition coefficient (Wildman–Crippen LogP) is 1.32. The molecule has 4 atom stereocenters. The molecule has 0 spiro atoms. The van der Waals surface area contributed by atoms with E-state index in [0.717, 1.165) is 30.5 Å². The van der Waals surface area contributed by atoms with E-state index in [1.54, 1.807) is 4.90 Å². The van der Waals surface area contributed by atoms with Crippen LogP contribution in [0.25, 0.3) is 0 Å². The standard InChI is InChI=1S/C23H30N4O3/c28-21-6-5-20(22(29)26-21)27-13-17-9-14(1-4-19(17)23(27)30)11-25-18-3-2-16-12-24-8-7-15(16)10-18/h1,4,9,15-16,18,20,24-25H,2-3,5-8,10-13H2,(H,26,28,29). The van der Waals surface area contributed by atoms with Gasteiger partial charge in [-0.15, -0.1) is 0 Å². The molecule has 1 aromatic rings. The fourth-order valence-corrected chi connectivity index (χ4v) is 5.71. The van der Waals surface area contributed by atoms with Crippen LogP contribution in [0, 0.1) is 11.8 Å². The second-order valence-corrected chi connectivity index (χ2v) is 9.30. The van der Waals surface area contributed by atoms with Crippen molar-refractivity contribution in [1.29, 1.82) is 0 Å². The smallest absolute Gasteiger partial charge is 0.255 e. The lowest BCUT2D eigenvalue weighted by Gasteiger charge is -2.40. The van der Waals surface area contributed by atoms with Crippen LogP contribution < -0.4 is 16.0 Å². The van der Waals surface area contributed by atoms with Crippen LogP contribution in [0.2, 0.25) is 0 Å². The fraction of sp³-hybridized carbons (Fsp3) is 0.609. The first kappa shape index (κ1) is 19.7. The number of imide groups is 1. The Morgan fingerprint density at radius 2 is 1.97 bits per heavy atom. The molecule has 3 aliphatic heterocycles. The van der Waals surface area contributed by atoms with E-state index in [2.05, 4.69) is 22.0 Å². The van der Waals surface area contributed by atoms with Gasteiger partial charge >= 0.3 is 0 Å². The molecule has 2 saturated heterocycles. The Kier molecular flexibility index (Phi) is 5.33. The highest BCUT2D eigenvalue weighted by molar-refractivity contribution is 6.05. The van der Waals surface area contributed by atoms with E-state index in [4.69, 9.17) is 0 Å². The summed E-state index contributed by atoms with van der Waals surface area (Å²) < 4.78 is 0. The Balaban J connectivity index is 1.20. The van der Waals surface area contributed by atoms with Crippen LogP contribution in [0.1, 0.15) is 60.0 Å². The Labute approximate surface area is 177 Å². The van der Waals surface area contributed by atoms with Gasteiger partial charge in [0.05, 0.1) is 0 Å². The van der Waals surface area contributed by atoms with Crippen LogP contribution in [0.3, 0.4) is 0 Å². The highest BCUT2D eigenvalue weighted by Gasteiger charge is 2.39. The number of piperidine rings is 2. The maximum absolute atomic E-state index is 12.8. The molecule has 1 saturated carbocycles. The van der Waals surface area contributed by atoms with Crippen molar-refractivity contribution in [2.75, 3.05) is 13.1 Å². The van der Waals surface area contributed by atoms with Crippen molar-refractivity contribution in [1.82, 2.24) is 20.9 Å². The first-order valence-electron chi connectivity index (χ1n) is 11.3. The number of amides is 3. The van der Waals surface area contributed by atoms with Crippen molar-refractivity contribution in [2.45, 2.75) is 63.7 Å². The number of hydrogen-bond acceptors (Lipinski definition) is 5. The van der Waals surface area contributed by atoms with E-state index in [0.29, 0.717) is 24.6 Å². The van der Waals surface area contributed by atoms with Gasteiger partial charge in [0.25, 0.3) is 5.91 Å². The summed E-state index contributed by atoms with van der Waals surface area (Å²) in [6.07, 6.45) is 5.77. The molecule has 1 aliphatic carbocycles.